The topological polar surface area (TPSA) is 89.9 Å². The predicted octanol–water partition coefficient (Wildman–Crippen LogP) is 1.02. The van der Waals surface area contributed by atoms with Crippen molar-refractivity contribution in [3.8, 4) is 0 Å². The van der Waals surface area contributed by atoms with E-state index in [4.69, 9.17) is 10.2 Å². The molecule has 1 aliphatic heterocycles. The molecule has 1 heterocycles. The number of aliphatic hydroxyl groups excluding tert-OH is 1. The van der Waals surface area contributed by atoms with Crippen LogP contribution < -0.4 is 5.32 Å². The Hall–Kier alpha value is -2.08. The maximum atomic E-state index is 12.1. The fraction of sp³-hybridized carbons (Fsp3) is 0.467. The molecule has 114 valence electrons. The summed E-state index contributed by atoms with van der Waals surface area (Å²) in [6, 6.07) is 8.55. The van der Waals surface area contributed by atoms with Gasteiger partial charge in [-0.25, -0.2) is 9.59 Å². The van der Waals surface area contributed by atoms with Gasteiger partial charge in [-0.2, -0.15) is 0 Å². The van der Waals surface area contributed by atoms with E-state index in [9.17, 15) is 9.59 Å². The average Bonchev–Trinajstić information content (AvgIpc) is 2.97. The highest BCUT2D eigenvalue weighted by Crippen LogP contribution is 2.26. The van der Waals surface area contributed by atoms with E-state index in [0.29, 0.717) is 13.1 Å². The molecule has 0 spiro atoms. The molecular formula is C15H20N2O4. The lowest BCUT2D eigenvalue weighted by atomic mass is 9.99. The first-order valence-electron chi connectivity index (χ1n) is 7.06. The summed E-state index contributed by atoms with van der Waals surface area (Å²) in [5.41, 5.74) is 1.19. The van der Waals surface area contributed by atoms with E-state index in [1.54, 1.807) is 4.90 Å². The van der Waals surface area contributed by atoms with Gasteiger partial charge in [-0.1, -0.05) is 30.3 Å². The Balaban J connectivity index is 1.91. The van der Waals surface area contributed by atoms with Gasteiger partial charge in [0.15, 0.2) is 0 Å². The quantitative estimate of drug-likeness (QED) is 0.756. The number of carboxylic acid groups (broad SMARTS) is 1. The number of nitrogens with one attached hydrogen (secondary N) is 1. The monoisotopic (exact) mass is 292 g/mol. The molecule has 1 aromatic carbocycles. The van der Waals surface area contributed by atoms with Crippen LogP contribution in [0.5, 0.6) is 0 Å². The van der Waals surface area contributed by atoms with Gasteiger partial charge in [0, 0.05) is 32.0 Å². The molecule has 3 N–H and O–H groups in total. The molecule has 0 aromatic heterocycles. The van der Waals surface area contributed by atoms with E-state index in [1.807, 2.05) is 30.3 Å². The molecule has 1 aromatic rings. The van der Waals surface area contributed by atoms with Crippen LogP contribution in [0.1, 0.15) is 24.3 Å². The fourth-order valence-electron chi connectivity index (χ4n) is 2.57. The molecule has 0 radical (unpaired) electrons. The molecule has 2 atom stereocenters. The summed E-state index contributed by atoms with van der Waals surface area (Å²) in [5.74, 6) is -0.839. The van der Waals surface area contributed by atoms with Gasteiger partial charge in [-0.15, -0.1) is 0 Å². The first-order chi connectivity index (χ1) is 10.1. The second kappa shape index (κ2) is 7.08. The van der Waals surface area contributed by atoms with Gasteiger partial charge in [0.25, 0.3) is 0 Å². The van der Waals surface area contributed by atoms with Crippen LogP contribution in [0.4, 0.5) is 4.79 Å². The van der Waals surface area contributed by atoms with E-state index in [-0.39, 0.29) is 25.0 Å². The van der Waals surface area contributed by atoms with Crippen molar-refractivity contribution in [2.24, 2.45) is 0 Å². The molecule has 1 aliphatic rings. The summed E-state index contributed by atoms with van der Waals surface area (Å²) in [6.07, 6.45) is 0.881. The van der Waals surface area contributed by atoms with Gasteiger partial charge in [-0.3, -0.25) is 0 Å². The molecule has 21 heavy (non-hydrogen) atoms. The van der Waals surface area contributed by atoms with Crippen molar-refractivity contribution in [3.63, 3.8) is 0 Å². The summed E-state index contributed by atoms with van der Waals surface area (Å²) in [5, 5.41) is 20.3. The lowest BCUT2D eigenvalue weighted by Crippen LogP contribution is -2.47. The highest BCUT2D eigenvalue weighted by molar-refractivity contribution is 5.82. The summed E-state index contributed by atoms with van der Waals surface area (Å²) in [6.45, 7) is 0.919. The number of rotatable bonds is 5. The van der Waals surface area contributed by atoms with Crippen molar-refractivity contribution in [1.29, 1.82) is 0 Å². The van der Waals surface area contributed by atoms with Gasteiger partial charge in [-0.05, 0) is 12.0 Å². The number of carbonyl (C=O) groups excluding carboxylic acids is 1. The molecule has 6 nitrogen and oxygen atoms in total. The molecule has 1 fully saturated rings. The number of urea groups is 1. The standard InChI is InChI=1S/C15H20N2O4/c18-9-7-13(14(19)20)16-15(21)17-8-6-12(10-17)11-4-2-1-3-5-11/h1-5,12-13,18H,6-10H2,(H,16,21)(H,19,20)/t12?,13-/m0/s1. The first-order valence-corrected chi connectivity index (χ1v) is 7.06. The Bertz CT molecular complexity index is 492. The zero-order chi connectivity index (χ0) is 15.2. The number of hydrogen-bond acceptors (Lipinski definition) is 3. The second-order valence-electron chi connectivity index (χ2n) is 5.19. The third-order valence-electron chi connectivity index (χ3n) is 3.76. The smallest absolute Gasteiger partial charge is 0.326 e. The Morgan fingerprint density at radius 3 is 2.67 bits per heavy atom. The highest BCUT2D eigenvalue weighted by atomic mass is 16.4. The van der Waals surface area contributed by atoms with Crippen molar-refractivity contribution >= 4 is 12.0 Å². The minimum atomic E-state index is -1.13. The zero-order valence-electron chi connectivity index (χ0n) is 11.7. The maximum absolute atomic E-state index is 12.1. The van der Waals surface area contributed by atoms with Gasteiger partial charge < -0.3 is 20.4 Å². The minimum absolute atomic E-state index is 0.0109. The largest absolute Gasteiger partial charge is 0.480 e. The number of hydrogen-bond donors (Lipinski definition) is 3. The second-order valence-corrected chi connectivity index (χ2v) is 5.19. The minimum Gasteiger partial charge on any atom is -0.480 e. The number of benzene rings is 1. The summed E-state index contributed by atoms with van der Waals surface area (Å²) >= 11 is 0. The highest BCUT2D eigenvalue weighted by Gasteiger charge is 2.29. The Morgan fingerprint density at radius 2 is 2.05 bits per heavy atom. The Morgan fingerprint density at radius 1 is 1.33 bits per heavy atom. The summed E-state index contributed by atoms with van der Waals surface area (Å²) in [4.78, 5) is 24.7. The maximum Gasteiger partial charge on any atom is 0.326 e. The summed E-state index contributed by atoms with van der Waals surface area (Å²) < 4.78 is 0. The number of carboxylic acids is 1. The van der Waals surface area contributed by atoms with Crippen LogP contribution in [0.2, 0.25) is 0 Å². The number of likely N-dealkylation sites (tertiary alicyclic amines) is 1. The Kier molecular flexibility index (Phi) is 5.16. The zero-order valence-corrected chi connectivity index (χ0v) is 11.7. The summed E-state index contributed by atoms with van der Waals surface area (Å²) in [7, 11) is 0. The molecule has 1 unspecified atom stereocenters. The van der Waals surface area contributed by atoms with Crippen molar-refractivity contribution in [1.82, 2.24) is 10.2 Å². The third-order valence-corrected chi connectivity index (χ3v) is 3.76. The van der Waals surface area contributed by atoms with Gasteiger partial charge in [0.2, 0.25) is 0 Å². The molecule has 0 bridgehead atoms. The van der Waals surface area contributed by atoms with Crippen LogP contribution in [0, 0.1) is 0 Å². The van der Waals surface area contributed by atoms with Gasteiger partial charge >= 0.3 is 12.0 Å². The molecule has 2 amide bonds. The van der Waals surface area contributed by atoms with Crippen LogP contribution in [0.15, 0.2) is 30.3 Å². The number of nitrogens with zero attached hydrogens (tertiary/aromatic N) is 1. The molecular weight excluding hydrogens is 272 g/mol. The number of carbonyl (C=O) groups is 2. The van der Waals surface area contributed by atoms with Crippen LogP contribution in [-0.2, 0) is 4.79 Å². The molecule has 0 aliphatic carbocycles. The van der Waals surface area contributed by atoms with Crippen molar-refractivity contribution < 1.29 is 19.8 Å². The van der Waals surface area contributed by atoms with Gasteiger partial charge in [0.05, 0.1) is 0 Å². The van der Waals surface area contributed by atoms with Crippen molar-refractivity contribution in [2.45, 2.75) is 24.8 Å². The predicted molar refractivity (Wildman–Crippen MR) is 77.0 cm³/mol. The third kappa shape index (κ3) is 3.95. The first kappa shape index (κ1) is 15.3. The van der Waals surface area contributed by atoms with Gasteiger partial charge in [0.1, 0.15) is 6.04 Å². The van der Waals surface area contributed by atoms with Crippen molar-refractivity contribution in [3.05, 3.63) is 35.9 Å². The van der Waals surface area contributed by atoms with E-state index >= 15 is 0 Å². The SMILES string of the molecule is O=C(O)[C@H](CCO)NC(=O)N1CCC(c2ccccc2)C1. The van der Waals surface area contributed by atoms with E-state index < -0.39 is 12.0 Å². The van der Waals surface area contributed by atoms with Crippen LogP contribution >= 0.6 is 0 Å². The fourth-order valence-corrected chi connectivity index (χ4v) is 2.57. The molecule has 6 heteroatoms. The number of amides is 2. The van der Waals surface area contributed by atoms with Crippen molar-refractivity contribution in [2.75, 3.05) is 19.7 Å². The van der Waals surface area contributed by atoms with Crippen LogP contribution in [0.3, 0.4) is 0 Å². The van der Waals surface area contributed by atoms with E-state index in [1.165, 1.54) is 5.56 Å². The molecule has 1 saturated heterocycles. The Labute approximate surface area is 123 Å². The van der Waals surface area contributed by atoms with E-state index in [0.717, 1.165) is 6.42 Å². The van der Waals surface area contributed by atoms with E-state index in [2.05, 4.69) is 5.32 Å². The molecule has 0 saturated carbocycles. The normalized spacial score (nSPS) is 19.3. The van der Waals surface area contributed by atoms with Crippen LogP contribution in [0.25, 0.3) is 0 Å². The number of aliphatic carboxylic acids is 1. The molecule has 2 rings (SSSR count). The number of aliphatic hydroxyl groups is 1. The van der Waals surface area contributed by atoms with Crippen LogP contribution in [-0.4, -0.2) is 52.9 Å². The lowest BCUT2D eigenvalue weighted by Gasteiger charge is -2.20. The average molecular weight is 292 g/mol. The lowest BCUT2D eigenvalue weighted by molar-refractivity contribution is -0.139.